The number of benzene rings is 1. The Bertz CT molecular complexity index is 757. The largest absolute Gasteiger partial charge is 0.455 e. The van der Waals surface area contributed by atoms with Crippen LogP contribution in [0.2, 0.25) is 0 Å². The van der Waals surface area contributed by atoms with Gasteiger partial charge in [-0.05, 0) is 41.1 Å². The summed E-state index contributed by atoms with van der Waals surface area (Å²) in [5.74, 6) is 0.909. The Labute approximate surface area is 139 Å². The molecule has 1 amide bonds. The van der Waals surface area contributed by atoms with Gasteiger partial charge in [0.1, 0.15) is 11.5 Å². The zero-order valence-electron chi connectivity index (χ0n) is 12.0. The van der Waals surface area contributed by atoms with Crippen molar-refractivity contribution in [2.24, 2.45) is 5.10 Å². The number of ether oxygens (including phenoxy) is 1. The van der Waals surface area contributed by atoms with Crippen LogP contribution in [0.25, 0.3) is 11.3 Å². The first kappa shape index (κ1) is 16.7. The Balaban J connectivity index is 2.11. The van der Waals surface area contributed by atoms with Gasteiger partial charge in [0.2, 0.25) is 0 Å². The lowest BCUT2D eigenvalue weighted by molar-refractivity contribution is -0.384. The maximum absolute atomic E-state index is 11.1. The average Bonchev–Trinajstić information content (AvgIpc) is 2.96. The third-order valence-electron chi connectivity index (χ3n) is 2.68. The molecule has 0 spiro atoms. The summed E-state index contributed by atoms with van der Waals surface area (Å²) in [7, 11) is 0. The molecule has 1 N–H and O–H groups in total. The van der Waals surface area contributed by atoms with E-state index in [1.807, 2.05) is 0 Å². The number of furan rings is 1. The molecule has 2 rings (SSSR count). The number of carbonyl (C=O) groups excluding carboxylic acids is 1. The number of non-ortho nitro benzene ring substituents is 1. The van der Waals surface area contributed by atoms with Gasteiger partial charge >= 0.3 is 6.09 Å². The summed E-state index contributed by atoms with van der Waals surface area (Å²) in [6.45, 7) is 1.94. The van der Waals surface area contributed by atoms with Gasteiger partial charge in [0.25, 0.3) is 5.69 Å². The van der Waals surface area contributed by atoms with Crippen molar-refractivity contribution in [3.63, 3.8) is 0 Å². The molecule has 23 heavy (non-hydrogen) atoms. The van der Waals surface area contributed by atoms with Gasteiger partial charge in [-0.3, -0.25) is 10.1 Å². The fourth-order valence-electron chi connectivity index (χ4n) is 1.70. The minimum Gasteiger partial charge on any atom is -0.455 e. The van der Waals surface area contributed by atoms with E-state index in [2.05, 4.69) is 31.2 Å². The molecule has 0 fully saturated rings. The van der Waals surface area contributed by atoms with E-state index in [0.29, 0.717) is 21.6 Å². The van der Waals surface area contributed by atoms with Crippen LogP contribution in [0.4, 0.5) is 10.5 Å². The lowest BCUT2D eigenvalue weighted by Crippen LogP contribution is -2.18. The number of rotatable bonds is 5. The zero-order valence-corrected chi connectivity index (χ0v) is 13.6. The maximum Gasteiger partial charge on any atom is 0.427 e. The maximum atomic E-state index is 11.1. The minimum atomic E-state index is -0.659. The molecule has 1 aromatic heterocycles. The number of nitro groups is 1. The highest BCUT2D eigenvalue weighted by Gasteiger charge is 2.12. The van der Waals surface area contributed by atoms with Crippen molar-refractivity contribution in [3.05, 3.63) is 50.7 Å². The van der Waals surface area contributed by atoms with Crippen molar-refractivity contribution >= 4 is 33.9 Å². The van der Waals surface area contributed by atoms with E-state index < -0.39 is 11.0 Å². The first-order valence-corrected chi connectivity index (χ1v) is 7.30. The van der Waals surface area contributed by atoms with Crippen molar-refractivity contribution in [1.29, 1.82) is 0 Å². The molecule has 8 nitrogen and oxygen atoms in total. The second-order valence-electron chi connectivity index (χ2n) is 4.21. The number of nitro benzene ring substituents is 1. The molecular formula is C14H12BrN3O5. The van der Waals surface area contributed by atoms with Gasteiger partial charge in [0, 0.05) is 22.2 Å². The smallest absolute Gasteiger partial charge is 0.427 e. The summed E-state index contributed by atoms with van der Waals surface area (Å²) >= 11 is 3.28. The molecular weight excluding hydrogens is 370 g/mol. The highest BCUT2D eigenvalue weighted by Crippen LogP contribution is 2.32. The molecule has 120 valence electrons. The Morgan fingerprint density at radius 3 is 2.91 bits per heavy atom. The number of carbonyl (C=O) groups is 1. The van der Waals surface area contributed by atoms with Crippen LogP contribution in [0.5, 0.6) is 0 Å². The summed E-state index contributed by atoms with van der Waals surface area (Å²) in [6, 6.07) is 7.71. The SMILES string of the molecule is CCOC(=O)NN=Cc1ccc(-c2ccc([N+](=O)[O-])cc2Br)o1. The van der Waals surface area contributed by atoms with Crippen molar-refractivity contribution in [2.45, 2.75) is 6.92 Å². The van der Waals surface area contributed by atoms with Gasteiger partial charge < -0.3 is 9.15 Å². The summed E-state index contributed by atoms with van der Waals surface area (Å²) in [5.41, 5.74) is 2.82. The Kier molecular flexibility index (Phi) is 5.47. The molecule has 0 aliphatic rings. The van der Waals surface area contributed by atoms with Crippen molar-refractivity contribution in [2.75, 3.05) is 6.61 Å². The van der Waals surface area contributed by atoms with Gasteiger partial charge in [-0.2, -0.15) is 5.10 Å². The average molecular weight is 382 g/mol. The van der Waals surface area contributed by atoms with Gasteiger partial charge in [-0.25, -0.2) is 10.2 Å². The van der Waals surface area contributed by atoms with Crippen LogP contribution in [0, 0.1) is 10.1 Å². The Morgan fingerprint density at radius 1 is 1.48 bits per heavy atom. The van der Waals surface area contributed by atoms with Gasteiger partial charge in [0.15, 0.2) is 0 Å². The standard InChI is InChI=1S/C14H12BrN3O5/c1-2-22-14(19)17-16-8-10-4-6-13(23-10)11-5-3-9(18(20)21)7-12(11)15/h3-8H,2H2,1H3,(H,17,19). The van der Waals surface area contributed by atoms with Crippen LogP contribution < -0.4 is 5.43 Å². The molecule has 0 radical (unpaired) electrons. The van der Waals surface area contributed by atoms with E-state index in [-0.39, 0.29) is 12.3 Å². The monoisotopic (exact) mass is 381 g/mol. The number of nitrogens with zero attached hydrogens (tertiary/aromatic N) is 2. The van der Waals surface area contributed by atoms with E-state index in [0.717, 1.165) is 0 Å². The Hall–Kier alpha value is -2.68. The van der Waals surface area contributed by atoms with Crippen LogP contribution >= 0.6 is 15.9 Å². The first-order chi connectivity index (χ1) is 11.0. The van der Waals surface area contributed by atoms with Gasteiger partial charge in [-0.1, -0.05) is 0 Å². The van der Waals surface area contributed by atoms with Crippen molar-refractivity contribution in [1.82, 2.24) is 5.43 Å². The number of hydrazone groups is 1. The van der Waals surface area contributed by atoms with Crippen LogP contribution in [0.15, 0.2) is 44.3 Å². The summed E-state index contributed by atoms with van der Waals surface area (Å²) < 4.78 is 10.7. The Morgan fingerprint density at radius 2 is 2.26 bits per heavy atom. The normalized spacial score (nSPS) is 10.7. The number of nitrogens with one attached hydrogen (secondary N) is 1. The molecule has 0 atom stereocenters. The molecule has 0 unspecified atom stereocenters. The molecule has 1 heterocycles. The molecule has 1 aromatic carbocycles. The zero-order chi connectivity index (χ0) is 16.8. The predicted molar refractivity (Wildman–Crippen MR) is 86.3 cm³/mol. The number of halogens is 1. The highest BCUT2D eigenvalue weighted by molar-refractivity contribution is 9.10. The van der Waals surface area contributed by atoms with Crippen molar-refractivity contribution in [3.8, 4) is 11.3 Å². The van der Waals surface area contributed by atoms with E-state index >= 15 is 0 Å². The van der Waals surface area contributed by atoms with Crippen LogP contribution in [0.3, 0.4) is 0 Å². The first-order valence-electron chi connectivity index (χ1n) is 6.51. The lowest BCUT2D eigenvalue weighted by Gasteiger charge is -2.00. The predicted octanol–water partition coefficient (Wildman–Crippen LogP) is 3.70. The molecule has 0 bridgehead atoms. The van der Waals surface area contributed by atoms with E-state index in [9.17, 15) is 14.9 Å². The molecule has 0 aliphatic heterocycles. The topological polar surface area (TPSA) is 107 Å². The number of amides is 1. The fourth-order valence-corrected chi connectivity index (χ4v) is 2.26. The second kappa shape index (κ2) is 7.54. The molecule has 2 aromatic rings. The van der Waals surface area contributed by atoms with Crippen LogP contribution in [-0.2, 0) is 4.74 Å². The van der Waals surface area contributed by atoms with Crippen molar-refractivity contribution < 1.29 is 18.9 Å². The highest BCUT2D eigenvalue weighted by atomic mass is 79.9. The molecule has 0 saturated carbocycles. The van der Waals surface area contributed by atoms with Gasteiger partial charge in [-0.15, -0.1) is 0 Å². The van der Waals surface area contributed by atoms with Crippen LogP contribution in [0.1, 0.15) is 12.7 Å². The minimum absolute atomic E-state index is 0.0207. The second-order valence-corrected chi connectivity index (χ2v) is 5.07. The fraction of sp³-hybridized carbons (Fsp3) is 0.143. The third kappa shape index (κ3) is 4.39. The molecule has 0 aliphatic carbocycles. The number of hydrogen-bond acceptors (Lipinski definition) is 6. The molecule has 9 heteroatoms. The van der Waals surface area contributed by atoms with E-state index in [4.69, 9.17) is 4.42 Å². The quantitative estimate of drug-likeness (QED) is 0.482. The van der Waals surface area contributed by atoms with Crippen LogP contribution in [-0.4, -0.2) is 23.8 Å². The number of hydrogen-bond donors (Lipinski definition) is 1. The van der Waals surface area contributed by atoms with E-state index in [1.165, 1.54) is 18.3 Å². The summed E-state index contributed by atoms with van der Waals surface area (Å²) in [6.07, 6.45) is 0.660. The van der Waals surface area contributed by atoms with Gasteiger partial charge in [0.05, 0.1) is 17.7 Å². The van der Waals surface area contributed by atoms with E-state index in [1.54, 1.807) is 25.1 Å². The molecule has 0 saturated heterocycles. The lowest BCUT2D eigenvalue weighted by atomic mass is 10.1. The summed E-state index contributed by atoms with van der Waals surface area (Å²) in [4.78, 5) is 21.3. The third-order valence-corrected chi connectivity index (χ3v) is 3.33. The summed E-state index contributed by atoms with van der Waals surface area (Å²) in [5, 5.41) is 14.4.